The van der Waals surface area contributed by atoms with E-state index in [0.29, 0.717) is 10.1 Å². The van der Waals surface area contributed by atoms with Gasteiger partial charge < -0.3 is 9.84 Å². The first-order valence-corrected chi connectivity index (χ1v) is 7.85. The van der Waals surface area contributed by atoms with Crippen LogP contribution < -0.4 is 21.0 Å². The second-order valence-electron chi connectivity index (χ2n) is 5.86. The lowest BCUT2D eigenvalue weighted by Crippen LogP contribution is -2.38. The van der Waals surface area contributed by atoms with E-state index in [4.69, 9.17) is 4.74 Å². The zero-order valence-electron chi connectivity index (χ0n) is 15.2. The number of methoxy groups -OCH3 is 1. The van der Waals surface area contributed by atoms with Crippen molar-refractivity contribution in [1.29, 1.82) is 0 Å². The van der Waals surface area contributed by atoms with Crippen LogP contribution in [0.3, 0.4) is 0 Å². The van der Waals surface area contributed by atoms with Gasteiger partial charge in [-0.05, 0) is 37.6 Å². The molecular weight excluding hydrogens is 358 g/mol. The van der Waals surface area contributed by atoms with Crippen molar-refractivity contribution in [3.8, 4) is 11.5 Å². The van der Waals surface area contributed by atoms with Crippen molar-refractivity contribution < 1.29 is 14.8 Å². The Hall–Kier alpha value is -3.63. The number of phenolic OH excluding ortho intramolecular Hbond substituents is 1. The summed E-state index contributed by atoms with van der Waals surface area (Å²) in [5, 5.41) is 26.3. The first kappa shape index (κ1) is 19.7. The molecule has 0 unspecified atom stereocenters. The van der Waals surface area contributed by atoms with Crippen molar-refractivity contribution >= 4 is 17.7 Å². The van der Waals surface area contributed by atoms with Crippen molar-refractivity contribution in [2.45, 2.75) is 19.9 Å². The molecule has 0 amide bonds. The predicted molar refractivity (Wildman–Crippen MR) is 98.8 cm³/mol. The van der Waals surface area contributed by atoms with Gasteiger partial charge in [0.2, 0.25) is 5.82 Å². The van der Waals surface area contributed by atoms with Gasteiger partial charge in [-0.25, -0.2) is 9.80 Å². The van der Waals surface area contributed by atoms with Crippen molar-refractivity contribution in [3.05, 3.63) is 54.7 Å². The van der Waals surface area contributed by atoms with E-state index in [2.05, 4.69) is 10.1 Å². The Kier molecular flexibility index (Phi) is 5.63. The lowest BCUT2D eigenvalue weighted by Gasteiger charge is -2.22. The highest BCUT2D eigenvalue weighted by molar-refractivity contribution is 5.82. The lowest BCUT2D eigenvalue weighted by atomic mass is 10.2. The Morgan fingerprint density at radius 1 is 1.41 bits per heavy atom. The second-order valence-corrected chi connectivity index (χ2v) is 5.86. The van der Waals surface area contributed by atoms with Crippen LogP contribution in [0, 0.1) is 10.1 Å². The van der Waals surface area contributed by atoms with E-state index in [1.165, 1.54) is 30.5 Å². The van der Waals surface area contributed by atoms with Gasteiger partial charge in [-0.1, -0.05) is 0 Å². The van der Waals surface area contributed by atoms with Crippen LogP contribution in [0.2, 0.25) is 0 Å². The summed E-state index contributed by atoms with van der Waals surface area (Å²) in [6.45, 7) is 3.38. The van der Waals surface area contributed by atoms with Crippen LogP contribution in [0.25, 0.3) is 0 Å². The minimum Gasteiger partial charge on any atom is -0.504 e. The molecule has 2 rings (SSSR count). The molecule has 27 heavy (non-hydrogen) atoms. The topological polar surface area (TPSA) is 143 Å². The monoisotopic (exact) mass is 377 g/mol. The Morgan fingerprint density at radius 3 is 2.63 bits per heavy atom. The number of nitrogens with one attached hydrogen (secondary N) is 1. The van der Waals surface area contributed by atoms with Crippen molar-refractivity contribution in [1.82, 2.24) is 9.55 Å². The highest BCUT2D eigenvalue weighted by Gasteiger charge is 2.28. The number of nitro groups is 1. The third-order valence-corrected chi connectivity index (χ3v) is 3.70. The number of aromatic nitrogens is 2. The van der Waals surface area contributed by atoms with Crippen LogP contribution >= 0.6 is 0 Å². The fraction of sp³-hybridized carbons (Fsp3) is 0.312. The Labute approximate surface area is 153 Å². The number of hydrogen-bond acceptors (Lipinski definition) is 8. The zero-order valence-corrected chi connectivity index (χ0v) is 15.2. The Balaban J connectivity index is 2.58. The van der Waals surface area contributed by atoms with E-state index in [0.717, 1.165) is 7.05 Å². The van der Waals surface area contributed by atoms with E-state index in [1.54, 1.807) is 19.9 Å². The van der Waals surface area contributed by atoms with Crippen LogP contribution in [-0.2, 0) is 7.05 Å². The summed E-state index contributed by atoms with van der Waals surface area (Å²) in [4.78, 5) is 36.9. The molecule has 1 aromatic heterocycles. The van der Waals surface area contributed by atoms with E-state index in [-0.39, 0.29) is 17.3 Å². The number of rotatable bonds is 6. The minimum atomic E-state index is -1.04. The summed E-state index contributed by atoms with van der Waals surface area (Å²) in [5.74, 6) is -0.144. The minimum absolute atomic E-state index is 0.0538. The molecule has 1 aromatic carbocycles. The maximum atomic E-state index is 12.2. The van der Waals surface area contributed by atoms with E-state index >= 15 is 0 Å². The average molecular weight is 377 g/mol. The van der Waals surface area contributed by atoms with Crippen LogP contribution in [0.4, 0.5) is 11.5 Å². The van der Waals surface area contributed by atoms with Gasteiger partial charge in [-0.15, -0.1) is 0 Å². The quantitative estimate of drug-likeness (QED) is 0.433. The molecule has 144 valence electrons. The number of hydrogen-bond donors (Lipinski definition) is 2. The van der Waals surface area contributed by atoms with Gasteiger partial charge in [0, 0.05) is 13.1 Å². The number of H-pyrrole nitrogens is 1. The number of hydrazone groups is 1. The summed E-state index contributed by atoms with van der Waals surface area (Å²) in [5.41, 5.74) is -2.09. The average Bonchev–Trinajstić information content (AvgIpc) is 2.60. The smallest absolute Gasteiger partial charge is 0.376 e. The SMILES string of the molecule is COc1cc(/C=N/N(c2[nH]c(=O)n(C)c(=O)c2[N+](=O)[O-])C(C)C)ccc1O. The van der Waals surface area contributed by atoms with Gasteiger partial charge in [0.05, 0.1) is 18.2 Å². The number of aromatic hydroxyl groups is 1. The molecule has 0 aliphatic carbocycles. The van der Waals surface area contributed by atoms with E-state index in [9.17, 15) is 24.8 Å². The molecule has 0 radical (unpaired) electrons. The van der Waals surface area contributed by atoms with Crippen LogP contribution in [0.1, 0.15) is 19.4 Å². The molecule has 0 bridgehead atoms. The molecule has 1 heterocycles. The van der Waals surface area contributed by atoms with Gasteiger partial charge in [-0.2, -0.15) is 5.10 Å². The zero-order chi connectivity index (χ0) is 20.3. The highest BCUT2D eigenvalue weighted by Crippen LogP contribution is 2.26. The van der Waals surface area contributed by atoms with Crippen LogP contribution in [0.5, 0.6) is 11.5 Å². The van der Waals surface area contributed by atoms with Crippen molar-refractivity contribution in [2.75, 3.05) is 12.1 Å². The van der Waals surface area contributed by atoms with Crippen LogP contribution in [-0.4, -0.2) is 38.9 Å². The van der Waals surface area contributed by atoms with Crippen molar-refractivity contribution in [3.63, 3.8) is 0 Å². The van der Waals surface area contributed by atoms with Gasteiger partial charge in [0.25, 0.3) is 0 Å². The third kappa shape index (κ3) is 3.97. The molecule has 0 spiro atoms. The normalized spacial score (nSPS) is 11.1. The molecule has 2 aromatic rings. The molecule has 0 atom stereocenters. The summed E-state index contributed by atoms with van der Waals surface area (Å²) < 4.78 is 5.63. The number of aromatic amines is 1. The molecule has 0 fully saturated rings. The molecule has 0 saturated carbocycles. The second kappa shape index (κ2) is 7.72. The maximum absolute atomic E-state index is 12.2. The van der Waals surface area contributed by atoms with Gasteiger partial charge >= 0.3 is 16.9 Å². The highest BCUT2D eigenvalue weighted by atomic mass is 16.6. The molecule has 0 saturated heterocycles. The number of benzene rings is 1. The first-order chi connectivity index (χ1) is 12.7. The van der Waals surface area contributed by atoms with Crippen LogP contribution in [0.15, 0.2) is 32.9 Å². The fourth-order valence-electron chi connectivity index (χ4n) is 2.28. The van der Waals surface area contributed by atoms with E-state index < -0.39 is 27.9 Å². The third-order valence-electron chi connectivity index (χ3n) is 3.70. The fourth-order valence-corrected chi connectivity index (χ4v) is 2.28. The standard InChI is InChI=1S/C16H19N5O6/c1-9(2)20(17-8-10-5-6-11(22)12(7-10)27-4)14-13(21(25)26)15(23)19(3)16(24)18-14/h5-9,22H,1-4H3,(H,18,24)/b17-8+. The largest absolute Gasteiger partial charge is 0.504 e. The van der Waals surface area contributed by atoms with Crippen molar-refractivity contribution in [2.24, 2.45) is 12.1 Å². The number of ether oxygens (including phenoxy) is 1. The number of phenols is 1. The summed E-state index contributed by atoms with van der Waals surface area (Å²) in [6.07, 6.45) is 1.36. The molecule has 11 heteroatoms. The molecule has 2 N–H and O–H groups in total. The number of anilines is 1. The summed E-state index contributed by atoms with van der Waals surface area (Å²) in [6, 6.07) is 4.06. The Bertz CT molecular complexity index is 1010. The van der Waals surface area contributed by atoms with Gasteiger partial charge in [-0.3, -0.25) is 24.5 Å². The first-order valence-electron chi connectivity index (χ1n) is 7.85. The predicted octanol–water partition coefficient (Wildman–Crippen LogP) is 0.945. The molecule has 0 aliphatic heterocycles. The maximum Gasteiger partial charge on any atom is 0.376 e. The molecular formula is C16H19N5O6. The Morgan fingerprint density at radius 2 is 2.07 bits per heavy atom. The molecule has 11 nitrogen and oxygen atoms in total. The lowest BCUT2D eigenvalue weighted by molar-refractivity contribution is -0.386. The van der Waals surface area contributed by atoms with Gasteiger partial charge in [0.1, 0.15) is 0 Å². The molecule has 0 aliphatic rings. The van der Waals surface area contributed by atoms with Gasteiger partial charge in [0.15, 0.2) is 11.5 Å². The number of nitrogens with zero attached hydrogens (tertiary/aromatic N) is 4. The van der Waals surface area contributed by atoms with E-state index in [1.807, 2.05) is 0 Å². The summed E-state index contributed by atoms with van der Waals surface area (Å²) >= 11 is 0. The summed E-state index contributed by atoms with van der Waals surface area (Å²) in [7, 11) is 2.54.